The number of benzene rings is 2. The standard InChI is InChI=1S/C16H16N2O2/c17-15-4-2-1-3-14(15)12-5-6-13-10-18(16(19)20)8-7-11(13)9-12/h1-6,9H,7-8,10,17H2,(H,19,20). The fourth-order valence-corrected chi connectivity index (χ4v) is 2.64. The normalized spacial score (nSPS) is 13.9. The zero-order valence-electron chi connectivity index (χ0n) is 11.0. The van der Waals surface area contributed by atoms with Crippen LogP contribution in [-0.2, 0) is 13.0 Å². The molecule has 102 valence electrons. The molecule has 3 N–H and O–H groups in total. The molecule has 0 aromatic heterocycles. The molecule has 0 saturated heterocycles. The van der Waals surface area contributed by atoms with Gasteiger partial charge in [-0.1, -0.05) is 36.4 Å². The van der Waals surface area contributed by atoms with Crippen LogP contribution in [0.2, 0.25) is 0 Å². The first kappa shape index (κ1) is 12.5. The zero-order chi connectivity index (χ0) is 14.1. The number of para-hydroxylation sites is 1. The van der Waals surface area contributed by atoms with E-state index in [9.17, 15) is 4.79 Å². The average molecular weight is 268 g/mol. The van der Waals surface area contributed by atoms with Crippen LogP contribution in [0.5, 0.6) is 0 Å². The van der Waals surface area contributed by atoms with Gasteiger partial charge in [-0.05, 0) is 29.2 Å². The highest BCUT2D eigenvalue weighted by Gasteiger charge is 2.20. The summed E-state index contributed by atoms with van der Waals surface area (Å²) < 4.78 is 0. The van der Waals surface area contributed by atoms with Crippen LogP contribution < -0.4 is 5.73 Å². The van der Waals surface area contributed by atoms with E-state index in [1.165, 1.54) is 10.5 Å². The number of carbonyl (C=O) groups is 1. The fourth-order valence-electron chi connectivity index (χ4n) is 2.64. The lowest BCUT2D eigenvalue weighted by molar-refractivity contribution is 0.140. The Balaban J connectivity index is 1.96. The van der Waals surface area contributed by atoms with E-state index >= 15 is 0 Å². The van der Waals surface area contributed by atoms with Crippen molar-refractivity contribution in [3.05, 3.63) is 53.6 Å². The molecule has 0 spiro atoms. The third-order valence-electron chi connectivity index (χ3n) is 3.76. The largest absolute Gasteiger partial charge is 0.465 e. The molecular weight excluding hydrogens is 252 g/mol. The van der Waals surface area contributed by atoms with E-state index in [1.807, 2.05) is 36.4 Å². The smallest absolute Gasteiger partial charge is 0.407 e. The number of hydrogen-bond acceptors (Lipinski definition) is 2. The number of hydrogen-bond donors (Lipinski definition) is 2. The highest BCUT2D eigenvalue weighted by Crippen LogP contribution is 2.29. The van der Waals surface area contributed by atoms with E-state index in [-0.39, 0.29) is 0 Å². The quantitative estimate of drug-likeness (QED) is 0.781. The second-order valence-corrected chi connectivity index (χ2v) is 5.02. The van der Waals surface area contributed by atoms with Crippen molar-refractivity contribution in [2.75, 3.05) is 12.3 Å². The molecule has 0 bridgehead atoms. The minimum Gasteiger partial charge on any atom is -0.465 e. The first-order valence-electron chi connectivity index (χ1n) is 6.59. The van der Waals surface area contributed by atoms with Crippen molar-refractivity contribution in [2.45, 2.75) is 13.0 Å². The predicted molar refractivity (Wildman–Crippen MR) is 78.4 cm³/mol. The van der Waals surface area contributed by atoms with Gasteiger partial charge in [0.1, 0.15) is 0 Å². The minimum atomic E-state index is -0.855. The van der Waals surface area contributed by atoms with Crippen LogP contribution in [0.25, 0.3) is 11.1 Å². The maximum Gasteiger partial charge on any atom is 0.407 e. The topological polar surface area (TPSA) is 66.6 Å². The molecule has 1 aliphatic heterocycles. The number of carboxylic acid groups (broad SMARTS) is 1. The molecule has 1 amide bonds. The molecule has 1 heterocycles. The summed E-state index contributed by atoms with van der Waals surface area (Å²) in [5.41, 5.74) is 11.2. The van der Waals surface area contributed by atoms with Crippen molar-refractivity contribution in [3.63, 3.8) is 0 Å². The van der Waals surface area contributed by atoms with E-state index in [0.717, 1.165) is 28.8 Å². The van der Waals surface area contributed by atoms with Crippen LogP contribution in [0.1, 0.15) is 11.1 Å². The Labute approximate surface area is 117 Å². The fraction of sp³-hybridized carbons (Fsp3) is 0.188. The van der Waals surface area contributed by atoms with E-state index in [4.69, 9.17) is 10.8 Å². The van der Waals surface area contributed by atoms with Crippen LogP contribution in [0.4, 0.5) is 10.5 Å². The third kappa shape index (κ3) is 2.20. The molecule has 1 aliphatic rings. The first-order valence-corrected chi connectivity index (χ1v) is 6.59. The molecule has 0 radical (unpaired) electrons. The van der Waals surface area contributed by atoms with E-state index in [1.54, 1.807) is 0 Å². The summed E-state index contributed by atoms with van der Waals surface area (Å²) in [4.78, 5) is 12.4. The van der Waals surface area contributed by atoms with Crippen LogP contribution in [0.3, 0.4) is 0 Å². The molecule has 0 saturated carbocycles. The molecule has 0 aliphatic carbocycles. The van der Waals surface area contributed by atoms with E-state index in [0.29, 0.717) is 13.1 Å². The van der Waals surface area contributed by atoms with Gasteiger partial charge in [0.25, 0.3) is 0 Å². The summed E-state index contributed by atoms with van der Waals surface area (Å²) in [6.45, 7) is 1.02. The number of nitrogens with zero attached hydrogens (tertiary/aromatic N) is 1. The summed E-state index contributed by atoms with van der Waals surface area (Å²) >= 11 is 0. The Morgan fingerprint density at radius 3 is 2.70 bits per heavy atom. The molecule has 0 atom stereocenters. The average Bonchev–Trinajstić information content (AvgIpc) is 2.46. The second kappa shape index (κ2) is 4.89. The molecule has 4 nitrogen and oxygen atoms in total. The van der Waals surface area contributed by atoms with Gasteiger partial charge in [0.05, 0.1) is 0 Å². The molecule has 20 heavy (non-hydrogen) atoms. The van der Waals surface area contributed by atoms with Gasteiger partial charge in [-0.2, -0.15) is 0 Å². The maximum atomic E-state index is 11.0. The lowest BCUT2D eigenvalue weighted by Gasteiger charge is -2.26. The zero-order valence-corrected chi connectivity index (χ0v) is 11.0. The Hall–Kier alpha value is -2.49. The summed E-state index contributed by atoms with van der Waals surface area (Å²) in [6.07, 6.45) is -0.102. The van der Waals surface area contributed by atoms with E-state index < -0.39 is 6.09 Å². The summed E-state index contributed by atoms with van der Waals surface area (Å²) in [6, 6.07) is 13.9. The third-order valence-corrected chi connectivity index (χ3v) is 3.76. The highest BCUT2D eigenvalue weighted by molar-refractivity contribution is 5.77. The summed E-state index contributed by atoms with van der Waals surface area (Å²) in [5.74, 6) is 0. The van der Waals surface area contributed by atoms with Gasteiger partial charge in [-0.15, -0.1) is 0 Å². The number of amides is 1. The molecule has 4 heteroatoms. The number of nitrogens with two attached hydrogens (primary N) is 1. The van der Waals surface area contributed by atoms with Gasteiger partial charge in [-0.25, -0.2) is 4.79 Å². The molecule has 0 fully saturated rings. The molecule has 3 rings (SSSR count). The maximum absolute atomic E-state index is 11.0. The highest BCUT2D eigenvalue weighted by atomic mass is 16.4. The van der Waals surface area contributed by atoms with Crippen molar-refractivity contribution in [1.82, 2.24) is 4.90 Å². The number of rotatable bonds is 1. The predicted octanol–water partition coefficient (Wildman–Crippen LogP) is 2.97. The van der Waals surface area contributed by atoms with Crippen molar-refractivity contribution in [3.8, 4) is 11.1 Å². The van der Waals surface area contributed by atoms with Gasteiger partial charge in [0.2, 0.25) is 0 Å². The van der Waals surface area contributed by atoms with Crippen molar-refractivity contribution < 1.29 is 9.90 Å². The Kier molecular flexibility index (Phi) is 3.06. The summed E-state index contributed by atoms with van der Waals surface area (Å²) in [7, 11) is 0. The minimum absolute atomic E-state index is 0.467. The van der Waals surface area contributed by atoms with Gasteiger partial charge in [-0.3, -0.25) is 0 Å². The first-order chi connectivity index (χ1) is 9.65. The van der Waals surface area contributed by atoms with Gasteiger partial charge < -0.3 is 15.7 Å². The summed E-state index contributed by atoms with van der Waals surface area (Å²) in [5, 5.41) is 9.04. The van der Waals surface area contributed by atoms with Crippen LogP contribution in [-0.4, -0.2) is 22.6 Å². The lowest BCUT2D eigenvalue weighted by Crippen LogP contribution is -2.34. The molecule has 2 aromatic carbocycles. The van der Waals surface area contributed by atoms with Crippen molar-refractivity contribution >= 4 is 11.8 Å². The van der Waals surface area contributed by atoms with Crippen LogP contribution in [0, 0.1) is 0 Å². The number of fused-ring (bicyclic) bond motifs is 1. The van der Waals surface area contributed by atoms with Gasteiger partial charge >= 0.3 is 6.09 Å². The van der Waals surface area contributed by atoms with Gasteiger partial charge in [0, 0.05) is 24.3 Å². The Morgan fingerprint density at radius 2 is 1.95 bits per heavy atom. The van der Waals surface area contributed by atoms with Crippen LogP contribution >= 0.6 is 0 Å². The molecule has 0 unspecified atom stereocenters. The molecular formula is C16H16N2O2. The SMILES string of the molecule is Nc1ccccc1-c1ccc2c(c1)CCN(C(=O)O)C2. The van der Waals surface area contributed by atoms with E-state index in [2.05, 4.69) is 6.07 Å². The van der Waals surface area contributed by atoms with Crippen molar-refractivity contribution in [2.24, 2.45) is 0 Å². The second-order valence-electron chi connectivity index (χ2n) is 5.02. The lowest BCUT2D eigenvalue weighted by atomic mass is 9.94. The van der Waals surface area contributed by atoms with Crippen molar-refractivity contribution in [1.29, 1.82) is 0 Å². The number of anilines is 1. The van der Waals surface area contributed by atoms with Gasteiger partial charge in [0.15, 0.2) is 0 Å². The Morgan fingerprint density at radius 1 is 1.15 bits per heavy atom. The number of nitrogen functional groups attached to an aromatic ring is 1. The molecule has 2 aromatic rings. The van der Waals surface area contributed by atoms with Crippen LogP contribution in [0.15, 0.2) is 42.5 Å². The monoisotopic (exact) mass is 268 g/mol. The Bertz CT molecular complexity index is 667.